The molecule has 0 saturated carbocycles. The summed E-state index contributed by atoms with van der Waals surface area (Å²) in [7, 11) is 1.70. The Balaban J connectivity index is 1.77. The van der Waals surface area contributed by atoms with Gasteiger partial charge in [-0.05, 0) is 44.5 Å². The fourth-order valence-electron chi connectivity index (χ4n) is 4.12. The van der Waals surface area contributed by atoms with Gasteiger partial charge in [-0.1, -0.05) is 18.2 Å². The Morgan fingerprint density at radius 3 is 2.97 bits per heavy atom. The molecular weight excluding hydrogens is 449 g/mol. The number of benzene rings is 1. The topological polar surface area (TPSA) is 81.0 Å². The number of aliphatic imine (C=N–C) groups is 1. The van der Waals surface area contributed by atoms with Crippen molar-refractivity contribution in [3.8, 4) is 5.75 Å². The monoisotopic (exact) mass is 475 g/mol. The first-order valence-electron chi connectivity index (χ1n) is 10.9. The van der Waals surface area contributed by atoms with Crippen LogP contribution in [0, 0.1) is 5.82 Å². The zero-order valence-corrected chi connectivity index (χ0v) is 19.4. The molecule has 3 heterocycles. The van der Waals surface area contributed by atoms with Gasteiger partial charge in [0.2, 0.25) is 5.90 Å². The number of aromatic nitrogens is 2. The van der Waals surface area contributed by atoms with E-state index in [-0.39, 0.29) is 29.5 Å². The highest BCUT2D eigenvalue weighted by Gasteiger charge is 2.28. The predicted molar refractivity (Wildman–Crippen MR) is 124 cm³/mol. The van der Waals surface area contributed by atoms with Crippen molar-refractivity contribution in [3.05, 3.63) is 53.0 Å². The average Bonchev–Trinajstić information content (AvgIpc) is 3.44. The van der Waals surface area contributed by atoms with E-state index in [2.05, 4.69) is 22.0 Å². The minimum Gasteiger partial charge on any atom is -0.491 e. The van der Waals surface area contributed by atoms with Crippen molar-refractivity contribution < 1.29 is 18.7 Å². The Morgan fingerprint density at radius 1 is 1.42 bits per heavy atom. The summed E-state index contributed by atoms with van der Waals surface area (Å²) in [5.41, 5.74) is 0.720. The van der Waals surface area contributed by atoms with E-state index in [9.17, 15) is 9.18 Å². The van der Waals surface area contributed by atoms with Gasteiger partial charge in [0.15, 0.2) is 5.82 Å². The molecule has 2 aliphatic rings. The number of carbonyl (C=O) groups excluding carboxylic acids is 1. The van der Waals surface area contributed by atoms with Crippen molar-refractivity contribution in [2.45, 2.75) is 31.9 Å². The molecule has 0 aliphatic carbocycles. The van der Waals surface area contributed by atoms with Gasteiger partial charge in [-0.15, -0.1) is 0 Å². The minimum absolute atomic E-state index is 0.0809. The Labute approximate surface area is 197 Å². The third kappa shape index (κ3) is 4.89. The number of nitrogens with one attached hydrogen (secondary N) is 1. The van der Waals surface area contributed by atoms with Crippen molar-refractivity contribution in [2.75, 3.05) is 26.2 Å². The van der Waals surface area contributed by atoms with Crippen LogP contribution >= 0.6 is 11.6 Å². The first kappa shape index (κ1) is 23.3. The second-order valence-electron chi connectivity index (χ2n) is 8.09. The van der Waals surface area contributed by atoms with E-state index >= 15 is 0 Å². The summed E-state index contributed by atoms with van der Waals surface area (Å²) in [6.45, 7) is 7.47. The molecule has 8 nitrogen and oxygen atoms in total. The van der Waals surface area contributed by atoms with Gasteiger partial charge in [0, 0.05) is 19.6 Å². The molecule has 176 valence electrons. The van der Waals surface area contributed by atoms with Gasteiger partial charge < -0.3 is 19.7 Å². The van der Waals surface area contributed by atoms with Crippen LogP contribution in [0.4, 0.5) is 10.2 Å². The molecule has 2 atom stereocenters. The Kier molecular flexibility index (Phi) is 6.99. The second-order valence-corrected chi connectivity index (χ2v) is 8.46. The van der Waals surface area contributed by atoms with Crippen LogP contribution in [0.2, 0.25) is 5.02 Å². The molecule has 1 N–H and O–H groups in total. The van der Waals surface area contributed by atoms with E-state index in [0.717, 1.165) is 19.4 Å². The fraction of sp³-hybridized carbons (Fsp3) is 0.435. The van der Waals surface area contributed by atoms with E-state index in [1.807, 2.05) is 0 Å². The van der Waals surface area contributed by atoms with Gasteiger partial charge in [-0.25, -0.2) is 4.39 Å². The summed E-state index contributed by atoms with van der Waals surface area (Å²) in [5.74, 6) is 0.107. The quantitative estimate of drug-likeness (QED) is 0.730. The summed E-state index contributed by atoms with van der Waals surface area (Å²) < 4.78 is 27.7. The fourth-order valence-corrected chi connectivity index (χ4v) is 4.43. The SMILES string of the molecule is C=C/C1=N\c2c(cnn2C)C(=O)N(CC2CCCN2)CCOc2ccc(F)c(Cl)c2[C@@H](C)O1. The molecule has 4 rings (SSSR count). The molecule has 2 aliphatic heterocycles. The summed E-state index contributed by atoms with van der Waals surface area (Å²) in [5, 5.41) is 7.57. The maximum atomic E-state index is 14.3. The normalized spacial score (nSPS) is 23.1. The molecule has 33 heavy (non-hydrogen) atoms. The van der Waals surface area contributed by atoms with Crippen LogP contribution in [-0.2, 0) is 11.8 Å². The summed E-state index contributed by atoms with van der Waals surface area (Å²) in [6.07, 6.45) is 4.30. The maximum Gasteiger partial charge on any atom is 0.259 e. The largest absolute Gasteiger partial charge is 0.491 e. The lowest BCUT2D eigenvalue weighted by Crippen LogP contribution is -2.43. The Morgan fingerprint density at radius 2 is 2.24 bits per heavy atom. The van der Waals surface area contributed by atoms with Crippen LogP contribution in [0.15, 0.2) is 36.0 Å². The van der Waals surface area contributed by atoms with Crippen LogP contribution in [-0.4, -0.2) is 58.8 Å². The van der Waals surface area contributed by atoms with E-state index in [4.69, 9.17) is 21.1 Å². The molecule has 2 aromatic rings. The van der Waals surface area contributed by atoms with Gasteiger partial charge in [-0.2, -0.15) is 10.1 Å². The number of hydrogen-bond donors (Lipinski definition) is 1. The molecule has 1 amide bonds. The Bertz CT molecular complexity index is 1080. The molecule has 1 fully saturated rings. The maximum absolute atomic E-state index is 14.3. The molecule has 10 heteroatoms. The number of ether oxygens (including phenoxy) is 2. The highest BCUT2D eigenvalue weighted by molar-refractivity contribution is 6.31. The number of fused-ring (bicyclic) bond motifs is 2. The summed E-state index contributed by atoms with van der Waals surface area (Å²) in [6, 6.07) is 2.97. The van der Waals surface area contributed by atoms with Crippen molar-refractivity contribution in [1.82, 2.24) is 20.0 Å². The summed E-state index contributed by atoms with van der Waals surface area (Å²) >= 11 is 6.29. The van der Waals surface area contributed by atoms with Crippen LogP contribution in [0.1, 0.15) is 41.8 Å². The number of halogens is 2. The minimum atomic E-state index is -0.688. The van der Waals surface area contributed by atoms with E-state index in [1.54, 1.807) is 18.9 Å². The molecule has 0 radical (unpaired) electrons. The first-order valence-corrected chi connectivity index (χ1v) is 11.3. The smallest absolute Gasteiger partial charge is 0.259 e. The van der Waals surface area contributed by atoms with Gasteiger partial charge in [0.25, 0.3) is 5.91 Å². The number of amides is 1. The number of aryl methyl sites for hydroxylation is 1. The van der Waals surface area contributed by atoms with E-state index in [1.165, 1.54) is 29.1 Å². The van der Waals surface area contributed by atoms with Gasteiger partial charge in [0.05, 0.1) is 23.3 Å². The standard InChI is InChI=1S/C23H27ClFN5O3/c1-4-19-28-22-16(12-27-29(22)3)23(31)30(13-15-6-5-9-26-15)10-11-32-18-8-7-17(25)21(24)20(18)14(2)33-19/h4,7-8,12,14-15,26H,1,5-6,9-11,13H2,2-3H3/b28-19+/t14-,15?/m1/s1. The highest BCUT2D eigenvalue weighted by Crippen LogP contribution is 2.36. The highest BCUT2D eigenvalue weighted by atomic mass is 35.5. The third-order valence-electron chi connectivity index (χ3n) is 5.83. The molecule has 1 unspecified atom stereocenters. The third-order valence-corrected chi connectivity index (χ3v) is 6.22. The van der Waals surface area contributed by atoms with Crippen molar-refractivity contribution in [3.63, 3.8) is 0 Å². The summed E-state index contributed by atoms with van der Waals surface area (Å²) in [4.78, 5) is 19.8. The van der Waals surface area contributed by atoms with Crippen molar-refractivity contribution >= 4 is 29.2 Å². The molecule has 0 spiro atoms. The number of hydrogen-bond acceptors (Lipinski definition) is 6. The van der Waals surface area contributed by atoms with Crippen LogP contribution < -0.4 is 10.1 Å². The van der Waals surface area contributed by atoms with Crippen LogP contribution in [0.3, 0.4) is 0 Å². The van der Waals surface area contributed by atoms with Crippen LogP contribution in [0.25, 0.3) is 0 Å². The molecule has 0 bridgehead atoms. The molecule has 1 saturated heterocycles. The molecule has 1 aromatic heterocycles. The van der Waals surface area contributed by atoms with Crippen molar-refractivity contribution in [1.29, 1.82) is 0 Å². The Hall–Kier alpha value is -2.91. The number of rotatable bonds is 3. The van der Waals surface area contributed by atoms with Gasteiger partial charge >= 0.3 is 0 Å². The number of nitrogens with zero attached hydrogens (tertiary/aromatic N) is 4. The lowest BCUT2D eigenvalue weighted by molar-refractivity contribution is 0.0715. The predicted octanol–water partition coefficient (Wildman–Crippen LogP) is 3.79. The first-order chi connectivity index (χ1) is 15.9. The molecule has 1 aromatic carbocycles. The van der Waals surface area contributed by atoms with Gasteiger partial charge in [-0.3, -0.25) is 9.48 Å². The second kappa shape index (κ2) is 9.93. The number of carbonyl (C=O) groups is 1. The molecular formula is C23H27ClFN5O3. The zero-order chi connectivity index (χ0) is 23.5. The average molecular weight is 476 g/mol. The lowest BCUT2D eigenvalue weighted by atomic mass is 10.1. The van der Waals surface area contributed by atoms with E-state index < -0.39 is 11.9 Å². The van der Waals surface area contributed by atoms with Crippen molar-refractivity contribution in [2.24, 2.45) is 12.0 Å². The van der Waals surface area contributed by atoms with E-state index in [0.29, 0.717) is 35.8 Å². The van der Waals surface area contributed by atoms with Gasteiger partial charge in [0.1, 0.15) is 29.8 Å². The lowest BCUT2D eigenvalue weighted by Gasteiger charge is -2.26. The zero-order valence-electron chi connectivity index (χ0n) is 18.7. The van der Waals surface area contributed by atoms with Crippen LogP contribution in [0.5, 0.6) is 5.75 Å².